The average Bonchev–Trinajstić information content (AvgIpc) is 2.77. The van der Waals surface area contributed by atoms with Crippen molar-refractivity contribution in [1.82, 2.24) is 5.43 Å². The third-order valence-electron chi connectivity index (χ3n) is 4.32. The zero-order chi connectivity index (χ0) is 14.4. The Morgan fingerprint density at radius 3 is 2.35 bits per heavy atom. The topological polar surface area (TPSA) is 56.5 Å². The van der Waals surface area contributed by atoms with Gasteiger partial charge in [0.2, 0.25) is 0 Å². The average molecular weight is 278 g/mol. The molecule has 1 atom stereocenters. The van der Waals surface area contributed by atoms with Crippen molar-refractivity contribution in [2.75, 3.05) is 14.2 Å². The van der Waals surface area contributed by atoms with Gasteiger partial charge in [0.05, 0.1) is 20.3 Å². The molecule has 112 valence electrons. The second-order valence-corrected chi connectivity index (χ2v) is 5.50. The molecule has 0 amide bonds. The molecule has 0 spiro atoms. The van der Waals surface area contributed by atoms with Gasteiger partial charge in [0.1, 0.15) is 11.5 Å². The highest BCUT2D eigenvalue weighted by Gasteiger charge is 2.26. The van der Waals surface area contributed by atoms with Crippen LogP contribution >= 0.6 is 0 Å². The van der Waals surface area contributed by atoms with Gasteiger partial charge >= 0.3 is 0 Å². The van der Waals surface area contributed by atoms with Crippen molar-refractivity contribution in [1.29, 1.82) is 0 Å². The van der Waals surface area contributed by atoms with Gasteiger partial charge in [0, 0.05) is 5.56 Å². The van der Waals surface area contributed by atoms with Crippen molar-refractivity contribution in [3.63, 3.8) is 0 Å². The van der Waals surface area contributed by atoms with E-state index in [9.17, 15) is 0 Å². The molecular formula is C16H26N2O2. The lowest BCUT2D eigenvalue weighted by Gasteiger charge is -2.27. The number of hydrogen-bond donors (Lipinski definition) is 2. The lowest BCUT2D eigenvalue weighted by atomic mass is 9.87. The molecule has 1 aromatic rings. The summed E-state index contributed by atoms with van der Waals surface area (Å²) in [5, 5.41) is 0. The van der Waals surface area contributed by atoms with Gasteiger partial charge in [-0.25, -0.2) is 0 Å². The molecule has 4 nitrogen and oxygen atoms in total. The molecule has 20 heavy (non-hydrogen) atoms. The zero-order valence-corrected chi connectivity index (χ0v) is 12.5. The predicted octanol–water partition coefficient (Wildman–Crippen LogP) is 3.18. The van der Waals surface area contributed by atoms with Crippen LogP contribution in [0.25, 0.3) is 0 Å². The Morgan fingerprint density at radius 1 is 1.10 bits per heavy atom. The van der Waals surface area contributed by atoms with Crippen LogP contribution in [0.15, 0.2) is 18.2 Å². The van der Waals surface area contributed by atoms with Gasteiger partial charge in [0.15, 0.2) is 0 Å². The van der Waals surface area contributed by atoms with Crippen molar-refractivity contribution in [2.24, 2.45) is 11.8 Å². The minimum Gasteiger partial charge on any atom is -0.497 e. The van der Waals surface area contributed by atoms with Gasteiger partial charge < -0.3 is 9.47 Å². The van der Waals surface area contributed by atoms with Crippen LogP contribution < -0.4 is 20.7 Å². The standard InChI is InChI=1S/C16H26N2O2/c1-19-13-9-10-15(20-2)14(11-13)16(18-17)12-7-5-3-4-6-8-12/h9-12,16,18H,3-8,17H2,1-2H3. The van der Waals surface area contributed by atoms with E-state index in [0.717, 1.165) is 17.1 Å². The Morgan fingerprint density at radius 2 is 1.80 bits per heavy atom. The summed E-state index contributed by atoms with van der Waals surface area (Å²) >= 11 is 0. The second-order valence-electron chi connectivity index (χ2n) is 5.50. The highest BCUT2D eigenvalue weighted by Crippen LogP contribution is 2.38. The van der Waals surface area contributed by atoms with Crippen LogP contribution in [-0.2, 0) is 0 Å². The number of nitrogens with two attached hydrogens (primary N) is 1. The number of rotatable bonds is 5. The summed E-state index contributed by atoms with van der Waals surface area (Å²) in [6.07, 6.45) is 7.68. The number of hydrazine groups is 1. The molecule has 1 aliphatic carbocycles. The molecule has 1 aliphatic rings. The maximum atomic E-state index is 5.86. The number of methoxy groups -OCH3 is 2. The van der Waals surface area contributed by atoms with Crippen molar-refractivity contribution in [3.05, 3.63) is 23.8 Å². The molecule has 1 fully saturated rings. The summed E-state index contributed by atoms with van der Waals surface area (Å²) in [5.74, 6) is 8.13. The van der Waals surface area contributed by atoms with Crippen LogP contribution in [0.3, 0.4) is 0 Å². The molecule has 3 N–H and O–H groups in total. The van der Waals surface area contributed by atoms with E-state index in [0.29, 0.717) is 5.92 Å². The maximum absolute atomic E-state index is 5.86. The summed E-state index contributed by atoms with van der Waals surface area (Å²) in [7, 11) is 3.38. The highest BCUT2D eigenvalue weighted by molar-refractivity contribution is 5.42. The first-order chi connectivity index (χ1) is 9.80. The molecule has 4 heteroatoms. The lowest BCUT2D eigenvalue weighted by molar-refractivity contribution is 0.314. The quantitative estimate of drug-likeness (QED) is 0.493. The Labute approximate surface area is 121 Å². The van der Waals surface area contributed by atoms with Gasteiger partial charge in [-0.05, 0) is 37.0 Å². The van der Waals surface area contributed by atoms with Crippen LogP contribution in [0.1, 0.15) is 50.1 Å². The third kappa shape index (κ3) is 3.44. The van der Waals surface area contributed by atoms with E-state index < -0.39 is 0 Å². The molecule has 0 heterocycles. The van der Waals surface area contributed by atoms with E-state index in [2.05, 4.69) is 5.43 Å². The smallest absolute Gasteiger partial charge is 0.123 e. The predicted molar refractivity (Wildman–Crippen MR) is 80.8 cm³/mol. The summed E-state index contributed by atoms with van der Waals surface area (Å²) in [6, 6.07) is 6.03. The molecule has 1 unspecified atom stereocenters. The Bertz CT molecular complexity index is 415. The fourth-order valence-corrected chi connectivity index (χ4v) is 3.21. The van der Waals surface area contributed by atoms with E-state index in [1.54, 1.807) is 14.2 Å². The third-order valence-corrected chi connectivity index (χ3v) is 4.32. The van der Waals surface area contributed by atoms with Gasteiger partial charge in [-0.1, -0.05) is 25.7 Å². The largest absolute Gasteiger partial charge is 0.497 e. The molecule has 0 radical (unpaired) electrons. The molecule has 0 saturated heterocycles. The number of hydrogen-bond acceptors (Lipinski definition) is 4. The van der Waals surface area contributed by atoms with Crippen molar-refractivity contribution in [2.45, 2.75) is 44.6 Å². The fourth-order valence-electron chi connectivity index (χ4n) is 3.21. The van der Waals surface area contributed by atoms with Crippen LogP contribution in [0, 0.1) is 5.92 Å². The second kappa shape index (κ2) is 7.50. The summed E-state index contributed by atoms with van der Waals surface area (Å²) < 4.78 is 10.8. The number of benzene rings is 1. The van der Waals surface area contributed by atoms with Crippen molar-refractivity contribution >= 4 is 0 Å². The summed E-state index contributed by atoms with van der Waals surface area (Å²) in [5.41, 5.74) is 4.10. The van der Waals surface area contributed by atoms with Gasteiger partial charge in [-0.3, -0.25) is 11.3 Å². The SMILES string of the molecule is COc1ccc(OC)c(C(NN)C2CCCCCC2)c1. The first-order valence-electron chi connectivity index (χ1n) is 7.48. The van der Waals surface area contributed by atoms with E-state index in [-0.39, 0.29) is 6.04 Å². The molecule has 0 aliphatic heterocycles. The first-order valence-corrected chi connectivity index (χ1v) is 7.48. The zero-order valence-electron chi connectivity index (χ0n) is 12.5. The Hall–Kier alpha value is -1.26. The van der Waals surface area contributed by atoms with Crippen LogP contribution in [0.2, 0.25) is 0 Å². The van der Waals surface area contributed by atoms with Crippen molar-refractivity contribution in [3.8, 4) is 11.5 Å². The first kappa shape index (κ1) is 15.1. The monoisotopic (exact) mass is 278 g/mol. The fraction of sp³-hybridized carbons (Fsp3) is 0.625. The summed E-state index contributed by atoms with van der Waals surface area (Å²) in [6.45, 7) is 0. The van der Waals surface area contributed by atoms with Gasteiger partial charge in [-0.15, -0.1) is 0 Å². The van der Waals surface area contributed by atoms with Crippen LogP contribution in [0.4, 0.5) is 0 Å². The number of ether oxygens (including phenoxy) is 2. The number of nitrogens with one attached hydrogen (secondary N) is 1. The maximum Gasteiger partial charge on any atom is 0.123 e. The Kier molecular flexibility index (Phi) is 5.68. The minimum atomic E-state index is 0.123. The Balaban J connectivity index is 2.28. The molecule has 1 saturated carbocycles. The molecule has 1 aromatic carbocycles. The normalized spacial score (nSPS) is 18.4. The molecular weight excluding hydrogens is 252 g/mol. The van der Waals surface area contributed by atoms with Crippen LogP contribution in [-0.4, -0.2) is 14.2 Å². The van der Waals surface area contributed by atoms with Gasteiger partial charge in [0.25, 0.3) is 0 Å². The van der Waals surface area contributed by atoms with Crippen LogP contribution in [0.5, 0.6) is 11.5 Å². The minimum absolute atomic E-state index is 0.123. The van der Waals surface area contributed by atoms with E-state index in [1.165, 1.54) is 38.5 Å². The lowest BCUT2D eigenvalue weighted by Crippen LogP contribution is -2.33. The molecule has 0 bridgehead atoms. The van der Waals surface area contributed by atoms with E-state index >= 15 is 0 Å². The van der Waals surface area contributed by atoms with E-state index in [1.807, 2.05) is 18.2 Å². The molecule has 0 aromatic heterocycles. The highest BCUT2D eigenvalue weighted by atomic mass is 16.5. The van der Waals surface area contributed by atoms with E-state index in [4.69, 9.17) is 15.3 Å². The summed E-state index contributed by atoms with van der Waals surface area (Å²) in [4.78, 5) is 0. The van der Waals surface area contributed by atoms with Crippen molar-refractivity contribution < 1.29 is 9.47 Å². The molecule has 2 rings (SSSR count). The van der Waals surface area contributed by atoms with Gasteiger partial charge in [-0.2, -0.15) is 0 Å².